The Morgan fingerprint density at radius 3 is 2.53 bits per heavy atom. The lowest BCUT2D eigenvalue weighted by atomic mass is 9.87. The molecular weight excluding hydrogens is 248 g/mol. The fourth-order valence-corrected chi connectivity index (χ4v) is 1.69. The molecule has 1 unspecified atom stereocenters. The first-order chi connectivity index (χ1) is 8.84. The monoisotopic (exact) mass is 271 g/mol. The van der Waals surface area contributed by atoms with E-state index in [1.165, 1.54) is 0 Å². The average Bonchev–Trinajstić information content (AvgIpc) is 2.31. The van der Waals surface area contributed by atoms with Gasteiger partial charge in [0.25, 0.3) is 0 Å². The molecule has 0 bridgehead atoms. The fourth-order valence-electron chi connectivity index (χ4n) is 1.69. The summed E-state index contributed by atoms with van der Waals surface area (Å²) in [6, 6.07) is 3.32. The third-order valence-corrected chi connectivity index (χ3v) is 2.98. The molecule has 1 rings (SSSR count). The molecule has 0 aromatic heterocycles. The molecule has 0 heterocycles. The van der Waals surface area contributed by atoms with Gasteiger partial charge in [-0.3, -0.25) is 0 Å². The maximum atomic E-state index is 13.5. The van der Waals surface area contributed by atoms with E-state index in [4.69, 9.17) is 4.74 Å². The Balaban J connectivity index is 2.67. The standard InChI is InChI=1S/C15H23F2NO/c1-5-8-18-14(15(2,3)4)10-19-13-9-11(16)6-7-12(13)17/h6-7,9,14,18H,5,8,10H2,1-4H3. The van der Waals surface area contributed by atoms with E-state index < -0.39 is 11.6 Å². The molecule has 0 aliphatic carbocycles. The highest BCUT2D eigenvalue weighted by atomic mass is 19.1. The van der Waals surface area contributed by atoms with E-state index in [1.807, 2.05) is 0 Å². The van der Waals surface area contributed by atoms with Crippen LogP contribution in [0.4, 0.5) is 8.78 Å². The van der Waals surface area contributed by atoms with Crippen molar-refractivity contribution in [2.75, 3.05) is 13.2 Å². The number of ether oxygens (including phenoxy) is 1. The van der Waals surface area contributed by atoms with Crippen molar-refractivity contribution in [3.63, 3.8) is 0 Å². The van der Waals surface area contributed by atoms with Gasteiger partial charge in [0.15, 0.2) is 11.6 Å². The van der Waals surface area contributed by atoms with Crippen LogP contribution in [0, 0.1) is 17.0 Å². The van der Waals surface area contributed by atoms with Gasteiger partial charge in [-0.25, -0.2) is 8.78 Å². The Morgan fingerprint density at radius 2 is 1.95 bits per heavy atom. The quantitative estimate of drug-likeness (QED) is 0.850. The second-order valence-electron chi connectivity index (χ2n) is 5.76. The molecule has 1 aromatic rings. The van der Waals surface area contributed by atoms with Crippen molar-refractivity contribution in [3.05, 3.63) is 29.8 Å². The van der Waals surface area contributed by atoms with Crippen LogP contribution in [0.2, 0.25) is 0 Å². The topological polar surface area (TPSA) is 21.3 Å². The number of benzene rings is 1. The van der Waals surface area contributed by atoms with E-state index in [9.17, 15) is 8.78 Å². The predicted octanol–water partition coefficient (Wildman–Crippen LogP) is 3.76. The van der Waals surface area contributed by atoms with Gasteiger partial charge >= 0.3 is 0 Å². The molecule has 0 spiro atoms. The molecule has 19 heavy (non-hydrogen) atoms. The van der Waals surface area contributed by atoms with Crippen LogP contribution >= 0.6 is 0 Å². The number of nitrogens with one attached hydrogen (secondary N) is 1. The molecule has 0 fully saturated rings. The minimum Gasteiger partial charge on any atom is -0.489 e. The first-order valence-electron chi connectivity index (χ1n) is 6.66. The third kappa shape index (κ3) is 5.15. The second-order valence-corrected chi connectivity index (χ2v) is 5.76. The molecule has 1 aromatic carbocycles. The smallest absolute Gasteiger partial charge is 0.165 e. The Kier molecular flexibility index (Phi) is 5.73. The van der Waals surface area contributed by atoms with Gasteiger partial charge in [-0.05, 0) is 30.5 Å². The molecular formula is C15H23F2NO. The van der Waals surface area contributed by atoms with E-state index in [0.717, 1.165) is 31.2 Å². The summed E-state index contributed by atoms with van der Waals surface area (Å²) in [6.07, 6.45) is 1.01. The normalized spacial score (nSPS) is 13.4. The highest BCUT2D eigenvalue weighted by Crippen LogP contribution is 2.23. The zero-order valence-electron chi connectivity index (χ0n) is 12.1. The molecule has 0 saturated heterocycles. The second kappa shape index (κ2) is 6.85. The van der Waals surface area contributed by atoms with Gasteiger partial charge < -0.3 is 10.1 Å². The maximum Gasteiger partial charge on any atom is 0.165 e. The largest absolute Gasteiger partial charge is 0.489 e. The van der Waals surface area contributed by atoms with E-state index in [-0.39, 0.29) is 17.2 Å². The summed E-state index contributed by atoms with van der Waals surface area (Å²) in [5, 5.41) is 3.37. The summed E-state index contributed by atoms with van der Waals surface area (Å²) in [4.78, 5) is 0. The van der Waals surface area contributed by atoms with Crippen molar-refractivity contribution in [3.8, 4) is 5.75 Å². The molecule has 4 heteroatoms. The van der Waals surface area contributed by atoms with Crippen LogP contribution in [-0.2, 0) is 0 Å². The fraction of sp³-hybridized carbons (Fsp3) is 0.600. The van der Waals surface area contributed by atoms with Crippen molar-refractivity contribution in [1.82, 2.24) is 5.32 Å². The molecule has 108 valence electrons. The molecule has 1 atom stereocenters. The molecule has 0 aliphatic heterocycles. The van der Waals surface area contributed by atoms with Crippen LogP contribution in [0.25, 0.3) is 0 Å². The van der Waals surface area contributed by atoms with Gasteiger partial charge in [0, 0.05) is 12.1 Å². The molecule has 0 amide bonds. The number of hydrogen-bond acceptors (Lipinski definition) is 2. The van der Waals surface area contributed by atoms with Crippen LogP contribution in [0.5, 0.6) is 5.75 Å². The molecule has 0 radical (unpaired) electrons. The van der Waals surface area contributed by atoms with Crippen LogP contribution in [0.3, 0.4) is 0 Å². The Bertz CT molecular complexity index is 402. The average molecular weight is 271 g/mol. The van der Waals surface area contributed by atoms with Crippen molar-refractivity contribution < 1.29 is 13.5 Å². The molecule has 0 saturated carbocycles. The van der Waals surface area contributed by atoms with Crippen molar-refractivity contribution in [1.29, 1.82) is 0 Å². The lowest BCUT2D eigenvalue weighted by Gasteiger charge is -2.31. The van der Waals surface area contributed by atoms with Crippen LogP contribution in [0.1, 0.15) is 34.1 Å². The number of rotatable bonds is 6. The van der Waals surface area contributed by atoms with Crippen LogP contribution in [-0.4, -0.2) is 19.2 Å². The van der Waals surface area contributed by atoms with Gasteiger partial charge in [-0.2, -0.15) is 0 Å². The lowest BCUT2D eigenvalue weighted by molar-refractivity contribution is 0.169. The Labute approximate surface area is 114 Å². The summed E-state index contributed by atoms with van der Waals surface area (Å²) in [7, 11) is 0. The summed E-state index contributed by atoms with van der Waals surface area (Å²) < 4.78 is 31.9. The van der Waals surface area contributed by atoms with Crippen LogP contribution in [0.15, 0.2) is 18.2 Å². The van der Waals surface area contributed by atoms with E-state index in [0.29, 0.717) is 6.61 Å². The van der Waals surface area contributed by atoms with Gasteiger partial charge in [0.2, 0.25) is 0 Å². The molecule has 0 aliphatic rings. The predicted molar refractivity (Wildman–Crippen MR) is 73.4 cm³/mol. The van der Waals surface area contributed by atoms with Crippen molar-refractivity contribution in [2.45, 2.75) is 40.2 Å². The summed E-state index contributed by atoms with van der Waals surface area (Å²) in [6.45, 7) is 9.53. The van der Waals surface area contributed by atoms with E-state index in [1.54, 1.807) is 0 Å². The number of halogens is 2. The highest BCUT2D eigenvalue weighted by Gasteiger charge is 2.25. The summed E-state index contributed by atoms with van der Waals surface area (Å²) >= 11 is 0. The molecule has 2 nitrogen and oxygen atoms in total. The number of hydrogen-bond donors (Lipinski definition) is 1. The van der Waals surface area contributed by atoms with Gasteiger partial charge in [-0.1, -0.05) is 27.7 Å². The van der Waals surface area contributed by atoms with E-state index >= 15 is 0 Å². The van der Waals surface area contributed by atoms with Gasteiger partial charge in [-0.15, -0.1) is 0 Å². The van der Waals surface area contributed by atoms with Gasteiger partial charge in [0.1, 0.15) is 12.4 Å². The zero-order chi connectivity index (χ0) is 14.5. The maximum absolute atomic E-state index is 13.5. The summed E-state index contributed by atoms with van der Waals surface area (Å²) in [5.74, 6) is -1.07. The van der Waals surface area contributed by atoms with Gasteiger partial charge in [0.05, 0.1) is 0 Å². The minimum atomic E-state index is -0.537. The van der Waals surface area contributed by atoms with Crippen molar-refractivity contribution in [2.24, 2.45) is 5.41 Å². The Morgan fingerprint density at radius 1 is 1.26 bits per heavy atom. The molecule has 1 N–H and O–H groups in total. The first kappa shape index (κ1) is 15.9. The lowest BCUT2D eigenvalue weighted by Crippen LogP contribution is -2.45. The first-order valence-corrected chi connectivity index (χ1v) is 6.66. The highest BCUT2D eigenvalue weighted by molar-refractivity contribution is 5.24. The van der Waals surface area contributed by atoms with Crippen LogP contribution < -0.4 is 10.1 Å². The summed E-state index contributed by atoms with van der Waals surface area (Å²) in [5.41, 5.74) is -0.0149. The third-order valence-electron chi connectivity index (χ3n) is 2.98. The SMILES string of the molecule is CCCNC(COc1cc(F)ccc1F)C(C)(C)C. The van der Waals surface area contributed by atoms with E-state index in [2.05, 4.69) is 33.0 Å². The van der Waals surface area contributed by atoms with Crippen molar-refractivity contribution >= 4 is 0 Å². The minimum absolute atomic E-state index is 0.0149. The zero-order valence-corrected chi connectivity index (χ0v) is 12.1. The Hall–Kier alpha value is -1.16.